The fourth-order valence-corrected chi connectivity index (χ4v) is 2.03. The van der Waals surface area contributed by atoms with Crippen LogP contribution in [0.4, 0.5) is 5.69 Å². The summed E-state index contributed by atoms with van der Waals surface area (Å²) in [5.41, 5.74) is 1.59. The SMILES string of the molecule is CC[n+]1ccccc1-c1cc([N+](=O)[O-])ccc1Cl.[I-]. The van der Waals surface area contributed by atoms with E-state index in [0.717, 1.165) is 12.2 Å². The quantitative estimate of drug-likeness (QED) is 0.326. The highest BCUT2D eigenvalue weighted by molar-refractivity contribution is 6.33. The van der Waals surface area contributed by atoms with Gasteiger partial charge in [0, 0.05) is 24.3 Å². The summed E-state index contributed by atoms with van der Waals surface area (Å²) in [6.45, 7) is 2.78. The molecular weight excluding hydrogens is 379 g/mol. The van der Waals surface area contributed by atoms with Crippen LogP contribution >= 0.6 is 11.6 Å². The van der Waals surface area contributed by atoms with E-state index in [0.29, 0.717) is 10.6 Å². The number of nitro groups is 1. The molecule has 1 heterocycles. The van der Waals surface area contributed by atoms with E-state index in [4.69, 9.17) is 11.6 Å². The van der Waals surface area contributed by atoms with Gasteiger partial charge in [0.25, 0.3) is 5.69 Å². The molecule has 100 valence electrons. The molecule has 0 saturated carbocycles. The predicted molar refractivity (Wildman–Crippen MR) is 69.4 cm³/mol. The van der Waals surface area contributed by atoms with Crippen LogP contribution in [-0.2, 0) is 6.54 Å². The molecule has 0 unspecified atom stereocenters. The standard InChI is InChI=1S/C13H12ClN2O2.HI/c1-2-15-8-4-3-5-13(15)11-9-10(16(17)18)6-7-12(11)14;/h3-9H,2H2,1H3;1H/q+1;/p-1. The monoisotopic (exact) mass is 390 g/mol. The lowest BCUT2D eigenvalue weighted by molar-refractivity contribution is -0.682. The van der Waals surface area contributed by atoms with Crippen molar-refractivity contribution in [2.45, 2.75) is 13.5 Å². The van der Waals surface area contributed by atoms with Gasteiger partial charge in [0.1, 0.15) is 6.54 Å². The molecule has 0 radical (unpaired) electrons. The smallest absolute Gasteiger partial charge is 0.270 e. The van der Waals surface area contributed by atoms with Gasteiger partial charge in [-0.2, -0.15) is 4.57 Å². The summed E-state index contributed by atoms with van der Waals surface area (Å²) < 4.78 is 1.99. The molecule has 0 aliphatic carbocycles. The van der Waals surface area contributed by atoms with Crippen molar-refractivity contribution in [3.05, 3.63) is 57.7 Å². The van der Waals surface area contributed by atoms with Crippen LogP contribution in [0.25, 0.3) is 11.3 Å². The lowest BCUT2D eigenvalue weighted by Gasteiger charge is -2.04. The number of nitro benzene ring substituents is 1. The van der Waals surface area contributed by atoms with E-state index in [9.17, 15) is 10.1 Å². The van der Waals surface area contributed by atoms with E-state index in [2.05, 4.69) is 0 Å². The molecule has 4 nitrogen and oxygen atoms in total. The maximum atomic E-state index is 10.8. The van der Waals surface area contributed by atoms with Gasteiger partial charge in [-0.3, -0.25) is 10.1 Å². The van der Waals surface area contributed by atoms with E-state index in [-0.39, 0.29) is 29.7 Å². The van der Waals surface area contributed by atoms with Crippen LogP contribution in [0.3, 0.4) is 0 Å². The number of rotatable bonds is 3. The minimum Gasteiger partial charge on any atom is -1.00 e. The number of nitrogens with zero attached hydrogens (tertiary/aromatic N) is 2. The molecule has 0 aliphatic heterocycles. The highest BCUT2D eigenvalue weighted by atomic mass is 127. The molecule has 0 N–H and O–H groups in total. The van der Waals surface area contributed by atoms with Crippen molar-refractivity contribution in [2.75, 3.05) is 0 Å². The van der Waals surface area contributed by atoms with Crippen LogP contribution in [0.15, 0.2) is 42.6 Å². The van der Waals surface area contributed by atoms with Crippen molar-refractivity contribution in [3.8, 4) is 11.3 Å². The number of non-ortho nitro benzene ring substituents is 1. The first-order chi connectivity index (χ1) is 8.63. The van der Waals surface area contributed by atoms with Crippen LogP contribution in [-0.4, -0.2) is 4.92 Å². The second kappa shape index (κ2) is 6.81. The first kappa shape index (κ1) is 15.8. The average Bonchev–Trinajstić information content (AvgIpc) is 2.39. The minimum atomic E-state index is -0.418. The molecular formula is C13H12ClIN2O2. The number of halogens is 2. The minimum absolute atomic E-state index is 0. The molecule has 2 aromatic rings. The van der Waals surface area contributed by atoms with Gasteiger partial charge in [0.2, 0.25) is 5.69 Å². The summed E-state index contributed by atoms with van der Waals surface area (Å²) >= 11 is 6.13. The lowest BCUT2D eigenvalue weighted by Crippen LogP contribution is -3.00. The van der Waals surface area contributed by atoms with Crippen LogP contribution in [0.1, 0.15) is 6.92 Å². The Morgan fingerprint density at radius 1 is 1.32 bits per heavy atom. The molecule has 19 heavy (non-hydrogen) atoms. The molecule has 0 spiro atoms. The summed E-state index contributed by atoms with van der Waals surface area (Å²) in [6, 6.07) is 10.2. The molecule has 0 amide bonds. The Balaban J connectivity index is 0.00000180. The number of hydrogen-bond donors (Lipinski definition) is 0. The van der Waals surface area contributed by atoms with E-state index in [1.54, 1.807) is 6.07 Å². The Kier molecular flexibility index (Phi) is 5.68. The third kappa shape index (κ3) is 3.42. The van der Waals surface area contributed by atoms with Crippen molar-refractivity contribution in [3.63, 3.8) is 0 Å². The van der Waals surface area contributed by atoms with Crippen LogP contribution in [0.5, 0.6) is 0 Å². The number of benzene rings is 1. The van der Waals surface area contributed by atoms with Gasteiger partial charge >= 0.3 is 0 Å². The van der Waals surface area contributed by atoms with Crippen molar-refractivity contribution in [2.24, 2.45) is 0 Å². The van der Waals surface area contributed by atoms with Gasteiger partial charge in [0.15, 0.2) is 6.20 Å². The van der Waals surface area contributed by atoms with E-state index in [1.807, 2.05) is 35.9 Å². The molecule has 6 heteroatoms. The zero-order valence-electron chi connectivity index (χ0n) is 10.2. The number of hydrogen-bond acceptors (Lipinski definition) is 2. The Labute approximate surface area is 133 Å². The Morgan fingerprint density at radius 3 is 2.68 bits per heavy atom. The third-order valence-corrected chi connectivity index (χ3v) is 3.05. The highest BCUT2D eigenvalue weighted by Crippen LogP contribution is 2.29. The largest absolute Gasteiger partial charge is 1.00 e. The fraction of sp³-hybridized carbons (Fsp3) is 0.154. The number of pyridine rings is 1. The first-order valence-corrected chi connectivity index (χ1v) is 5.94. The summed E-state index contributed by atoms with van der Waals surface area (Å²) in [6.07, 6.45) is 1.92. The maximum absolute atomic E-state index is 10.8. The Bertz CT molecular complexity index is 605. The average molecular weight is 391 g/mol. The van der Waals surface area contributed by atoms with Crippen LogP contribution < -0.4 is 28.5 Å². The zero-order valence-corrected chi connectivity index (χ0v) is 13.1. The van der Waals surface area contributed by atoms with Gasteiger partial charge < -0.3 is 24.0 Å². The fourth-order valence-electron chi connectivity index (χ4n) is 1.82. The number of aromatic nitrogens is 1. The van der Waals surface area contributed by atoms with Gasteiger partial charge in [0.05, 0.1) is 15.5 Å². The highest BCUT2D eigenvalue weighted by Gasteiger charge is 2.17. The van der Waals surface area contributed by atoms with E-state index in [1.165, 1.54) is 12.1 Å². The molecule has 2 rings (SSSR count). The van der Waals surface area contributed by atoms with E-state index < -0.39 is 4.92 Å². The summed E-state index contributed by atoms with van der Waals surface area (Å²) in [7, 11) is 0. The summed E-state index contributed by atoms with van der Waals surface area (Å²) in [4.78, 5) is 10.4. The van der Waals surface area contributed by atoms with Gasteiger partial charge in [-0.15, -0.1) is 0 Å². The predicted octanol–water partition coefficient (Wildman–Crippen LogP) is 0.227. The summed E-state index contributed by atoms with van der Waals surface area (Å²) in [5, 5.41) is 11.3. The molecule has 1 aromatic heterocycles. The van der Waals surface area contributed by atoms with Crippen LogP contribution in [0.2, 0.25) is 5.02 Å². The van der Waals surface area contributed by atoms with Crippen molar-refractivity contribution in [1.82, 2.24) is 0 Å². The normalized spacial score (nSPS) is 9.79. The molecule has 0 atom stereocenters. The Morgan fingerprint density at radius 2 is 2.05 bits per heavy atom. The lowest BCUT2D eigenvalue weighted by atomic mass is 10.1. The second-order valence-corrected chi connectivity index (χ2v) is 4.20. The van der Waals surface area contributed by atoms with Crippen molar-refractivity contribution >= 4 is 17.3 Å². The van der Waals surface area contributed by atoms with Crippen molar-refractivity contribution in [1.29, 1.82) is 0 Å². The first-order valence-electron chi connectivity index (χ1n) is 5.56. The van der Waals surface area contributed by atoms with Gasteiger partial charge in [-0.25, -0.2) is 0 Å². The molecule has 0 fully saturated rings. The molecule has 0 aliphatic rings. The van der Waals surface area contributed by atoms with E-state index >= 15 is 0 Å². The number of aryl methyl sites for hydroxylation is 1. The topological polar surface area (TPSA) is 47.0 Å². The zero-order chi connectivity index (χ0) is 13.1. The van der Waals surface area contributed by atoms with Gasteiger partial charge in [-0.05, 0) is 19.1 Å². The molecule has 0 bridgehead atoms. The summed E-state index contributed by atoms with van der Waals surface area (Å²) in [5.74, 6) is 0. The van der Waals surface area contributed by atoms with Gasteiger partial charge in [-0.1, -0.05) is 11.6 Å². The van der Waals surface area contributed by atoms with Crippen LogP contribution in [0, 0.1) is 10.1 Å². The molecule has 0 saturated heterocycles. The maximum Gasteiger partial charge on any atom is 0.270 e. The van der Waals surface area contributed by atoms with Crippen molar-refractivity contribution < 1.29 is 33.5 Å². The Hall–Kier alpha value is -1.21. The second-order valence-electron chi connectivity index (χ2n) is 3.79. The third-order valence-electron chi connectivity index (χ3n) is 2.72. The molecule has 1 aromatic carbocycles.